The summed E-state index contributed by atoms with van der Waals surface area (Å²) >= 11 is 0. The molecule has 1 amide bonds. The zero-order valence-electron chi connectivity index (χ0n) is 15.4. The Balaban J connectivity index is 0.00000338. The number of benzene rings is 1. The maximum atomic E-state index is 12.4. The molecule has 26 heavy (non-hydrogen) atoms. The van der Waals surface area contributed by atoms with Gasteiger partial charge in [-0.3, -0.25) is 4.79 Å². The lowest BCUT2D eigenvalue weighted by Gasteiger charge is -2.25. The fourth-order valence-corrected chi connectivity index (χ4v) is 4.76. The molecule has 2 rings (SSSR count). The standard InChI is InChI=1S/C18H29N3O3S.ClH/c1-13(2)21-25(23,24)12-16-7-4-3-6-15(16)11-20-18(22)14-8-5-9-17(19)10-14;/h3-4,6-7,13-14,17,21H,5,8-12,19H2,1-2H3,(H,20,22);1H. The maximum Gasteiger partial charge on any atom is 0.223 e. The first-order valence-corrected chi connectivity index (χ1v) is 10.5. The van der Waals surface area contributed by atoms with Crippen LogP contribution in [0.2, 0.25) is 0 Å². The minimum absolute atomic E-state index is 0. The molecule has 1 aromatic rings. The van der Waals surface area contributed by atoms with Gasteiger partial charge in [-0.25, -0.2) is 13.1 Å². The van der Waals surface area contributed by atoms with E-state index in [4.69, 9.17) is 5.73 Å². The Morgan fingerprint density at radius 1 is 1.23 bits per heavy atom. The van der Waals surface area contributed by atoms with Crippen LogP contribution in [0.25, 0.3) is 0 Å². The summed E-state index contributed by atoms with van der Waals surface area (Å²) in [6.07, 6.45) is 3.55. The van der Waals surface area contributed by atoms with E-state index in [1.54, 1.807) is 19.9 Å². The molecule has 0 spiro atoms. The number of carbonyl (C=O) groups excluding carboxylic acids is 1. The van der Waals surface area contributed by atoms with Crippen molar-refractivity contribution in [2.45, 2.75) is 63.9 Å². The van der Waals surface area contributed by atoms with Gasteiger partial charge in [0.15, 0.2) is 0 Å². The van der Waals surface area contributed by atoms with Gasteiger partial charge in [-0.2, -0.15) is 0 Å². The lowest BCUT2D eigenvalue weighted by atomic mass is 9.85. The van der Waals surface area contributed by atoms with Crippen LogP contribution < -0.4 is 15.8 Å². The van der Waals surface area contributed by atoms with Crippen LogP contribution in [0.15, 0.2) is 24.3 Å². The van der Waals surface area contributed by atoms with E-state index < -0.39 is 10.0 Å². The number of halogens is 1. The third-order valence-electron chi connectivity index (χ3n) is 4.42. The van der Waals surface area contributed by atoms with E-state index in [2.05, 4.69) is 10.0 Å². The Bertz CT molecular complexity index is 695. The molecule has 148 valence electrons. The second-order valence-corrected chi connectivity index (χ2v) is 8.90. The van der Waals surface area contributed by atoms with E-state index in [1.807, 2.05) is 18.2 Å². The smallest absolute Gasteiger partial charge is 0.223 e. The summed E-state index contributed by atoms with van der Waals surface area (Å²) in [4.78, 5) is 12.4. The van der Waals surface area contributed by atoms with E-state index in [9.17, 15) is 13.2 Å². The molecule has 6 nitrogen and oxygen atoms in total. The molecule has 0 radical (unpaired) electrons. The second-order valence-electron chi connectivity index (χ2n) is 7.14. The quantitative estimate of drug-likeness (QED) is 0.648. The van der Waals surface area contributed by atoms with Crippen LogP contribution >= 0.6 is 12.4 Å². The fraction of sp³-hybridized carbons (Fsp3) is 0.611. The van der Waals surface area contributed by atoms with Crippen molar-refractivity contribution in [2.24, 2.45) is 11.7 Å². The van der Waals surface area contributed by atoms with E-state index in [0.29, 0.717) is 12.1 Å². The molecular formula is C18H30ClN3O3S. The normalized spacial score (nSPS) is 20.5. The molecule has 2 atom stereocenters. The monoisotopic (exact) mass is 403 g/mol. The number of hydrogen-bond donors (Lipinski definition) is 3. The minimum atomic E-state index is -3.40. The average molecular weight is 404 g/mol. The van der Waals surface area contributed by atoms with Crippen LogP contribution in [0.3, 0.4) is 0 Å². The third-order valence-corrected chi connectivity index (χ3v) is 5.94. The molecule has 2 unspecified atom stereocenters. The van der Waals surface area contributed by atoms with Gasteiger partial charge in [0.1, 0.15) is 0 Å². The molecule has 0 bridgehead atoms. The Morgan fingerprint density at radius 2 is 1.88 bits per heavy atom. The van der Waals surface area contributed by atoms with E-state index >= 15 is 0 Å². The highest BCUT2D eigenvalue weighted by atomic mass is 35.5. The summed E-state index contributed by atoms with van der Waals surface area (Å²) in [5.74, 6) is -0.124. The van der Waals surface area contributed by atoms with Crippen molar-refractivity contribution in [3.63, 3.8) is 0 Å². The van der Waals surface area contributed by atoms with Crippen molar-refractivity contribution >= 4 is 28.3 Å². The molecule has 1 saturated carbocycles. The van der Waals surface area contributed by atoms with Crippen molar-refractivity contribution in [3.05, 3.63) is 35.4 Å². The first kappa shape index (κ1) is 22.9. The Kier molecular flexibility index (Phi) is 9.03. The molecule has 1 aliphatic carbocycles. The largest absolute Gasteiger partial charge is 0.352 e. The predicted octanol–water partition coefficient (Wildman–Crippen LogP) is 2.07. The highest BCUT2D eigenvalue weighted by Crippen LogP contribution is 2.23. The maximum absolute atomic E-state index is 12.4. The van der Waals surface area contributed by atoms with Gasteiger partial charge in [0.2, 0.25) is 15.9 Å². The number of nitrogens with two attached hydrogens (primary N) is 1. The SMILES string of the molecule is CC(C)NS(=O)(=O)Cc1ccccc1CNC(=O)C1CCCC(N)C1.Cl. The summed E-state index contributed by atoms with van der Waals surface area (Å²) < 4.78 is 26.9. The lowest BCUT2D eigenvalue weighted by Crippen LogP contribution is -2.37. The Labute approximate surface area is 162 Å². The number of rotatable bonds is 7. The fourth-order valence-electron chi connectivity index (χ4n) is 3.27. The predicted molar refractivity (Wildman–Crippen MR) is 106 cm³/mol. The molecule has 0 heterocycles. The molecular weight excluding hydrogens is 374 g/mol. The third kappa shape index (κ3) is 7.23. The summed E-state index contributed by atoms with van der Waals surface area (Å²) in [5.41, 5.74) is 7.48. The summed E-state index contributed by atoms with van der Waals surface area (Å²) in [6.45, 7) is 3.91. The van der Waals surface area contributed by atoms with Crippen LogP contribution in [-0.2, 0) is 27.1 Å². The van der Waals surface area contributed by atoms with E-state index in [-0.39, 0.29) is 42.1 Å². The molecule has 1 aromatic carbocycles. The first-order chi connectivity index (χ1) is 11.8. The number of carbonyl (C=O) groups is 1. The van der Waals surface area contributed by atoms with Gasteiger partial charge in [0.25, 0.3) is 0 Å². The van der Waals surface area contributed by atoms with Crippen LogP contribution in [-0.4, -0.2) is 26.4 Å². The van der Waals surface area contributed by atoms with Crippen molar-refractivity contribution in [2.75, 3.05) is 0 Å². The molecule has 4 N–H and O–H groups in total. The topological polar surface area (TPSA) is 101 Å². The Morgan fingerprint density at radius 3 is 2.50 bits per heavy atom. The summed E-state index contributed by atoms with van der Waals surface area (Å²) in [6, 6.07) is 7.26. The number of nitrogens with one attached hydrogen (secondary N) is 2. The first-order valence-electron chi connectivity index (χ1n) is 8.87. The van der Waals surface area contributed by atoms with Crippen molar-refractivity contribution in [3.8, 4) is 0 Å². The Hall–Kier alpha value is -1.15. The summed E-state index contributed by atoms with van der Waals surface area (Å²) in [5, 5.41) is 2.95. The number of amides is 1. The highest BCUT2D eigenvalue weighted by Gasteiger charge is 2.25. The zero-order chi connectivity index (χ0) is 18.4. The van der Waals surface area contributed by atoms with Crippen molar-refractivity contribution < 1.29 is 13.2 Å². The van der Waals surface area contributed by atoms with E-state index in [0.717, 1.165) is 31.2 Å². The van der Waals surface area contributed by atoms with Crippen LogP contribution in [0.1, 0.15) is 50.7 Å². The average Bonchev–Trinajstić information content (AvgIpc) is 2.52. The van der Waals surface area contributed by atoms with Gasteiger partial charge in [0.05, 0.1) is 5.75 Å². The van der Waals surface area contributed by atoms with Gasteiger partial charge in [-0.1, -0.05) is 30.7 Å². The minimum Gasteiger partial charge on any atom is -0.352 e. The van der Waals surface area contributed by atoms with Gasteiger partial charge in [0, 0.05) is 24.5 Å². The van der Waals surface area contributed by atoms with Gasteiger partial charge in [-0.15, -0.1) is 12.4 Å². The van der Waals surface area contributed by atoms with Crippen molar-refractivity contribution in [1.29, 1.82) is 0 Å². The van der Waals surface area contributed by atoms with Gasteiger partial charge >= 0.3 is 0 Å². The lowest BCUT2D eigenvalue weighted by molar-refractivity contribution is -0.126. The van der Waals surface area contributed by atoms with Gasteiger partial charge < -0.3 is 11.1 Å². The second kappa shape index (κ2) is 10.3. The highest BCUT2D eigenvalue weighted by molar-refractivity contribution is 7.88. The van der Waals surface area contributed by atoms with E-state index in [1.165, 1.54) is 0 Å². The zero-order valence-corrected chi connectivity index (χ0v) is 17.0. The van der Waals surface area contributed by atoms with Gasteiger partial charge in [-0.05, 0) is 44.2 Å². The number of sulfonamides is 1. The number of hydrogen-bond acceptors (Lipinski definition) is 4. The molecule has 0 aromatic heterocycles. The molecule has 0 aliphatic heterocycles. The molecule has 1 fully saturated rings. The van der Waals surface area contributed by atoms with Crippen molar-refractivity contribution in [1.82, 2.24) is 10.0 Å². The molecule has 0 saturated heterocycles. The molecule has 1 aliphatic rings. The van der Waals surface area contributed by atoms with Crippen LogP contribution in [0, 0.1) is 5.92 Å². The summed E-state index contributed by atoms with van der Waals surface area (Å²) in [7, 11) is -3.40. The van der Waals surface area contributed by atoms with Crippen LogP contribution in [0.4, 0.5) is 0 Å². The molecule has 8 heteroatoms. The van der Waals surface area contributed by atoms with Crippen LogP contribution in [0.5, 0.6) is 0 Å².